The van der Waals surface area contributed by atoms with Gasteiger partial charge in [0.25, 0.3) is 11.4 Å². The van der Waals surface area contributed by atoms with E-state index in [0.29, 0.717) is 4.57 Å². The molecule has 1 fully saturated rings. The molecular weight excluding hydrogens is 266 g/mol. The van der Waals surface area contributed by atoms with E-state index in [9.17, 15) is 23.5 Å². The maximum atomic E-state index is 14.3. The van der Waals surface area contributed by atoms with Gasteiger partial charge in [0.1, 0.15) is 6.61 Å². The van der Waals surface area contributed by atoms with Gasteiger partial charge in [-0.1, -0.05) is 0 Å². The summed E-state index contributed by atoms with van der Waals surface area (Å²) >= 11 is 0. The van der Waals surface area contributed by atoms with Crippen molar-refractivity contribution in [2.75, 3.05) is 6.61 Å². The number of aromatic nitrogens is 2. The molecule has 19 heavy (non-hydrogen) atoms. The number of alkyl halides is 2. The van der Waals surface area contributed by atoms with Crippen LogP contribution in [0.1, 0.15) is 13.2 Å². The lowest BCUT2D eigenvalue weighted by Crippen LogP contribution is -2.47. The van der Waals surface area contributed by atoms with Gasteiger partial charge in [-0.2, -0.15) is 0 Å². The van der Waals surface area contributed by atoms with Gasteiger partial charge in [0.15, 0.2) is 18.0 Å². The fourth-order valence-electron chi connectivity index (χ4n) is 1.99. The molecule has 0 radical (unpaired) electrons. The zero-order valence-electron chi connectivity index (χ0n) is 9.84. The molecule has 2 heterocycles. The first-order valence-corrected chi connectivity index (χ1v) is 5.38. The maximum absolute atomic E-state index is 14.3. The van der Waals surface area contributed by atoms with Crippen molar-refractivity contribution in [2.45, 2.75) is 30.8 Å². The van der Waals surface area contributed by atoms with Crippen LogP contribution in [-0.4, -0.2) is 44.0 Å². The summed E-state index contributed by atoms with van der Waals surface area (Å²) in [7, 11) is 0. The number of halogens is 2. The van der Waals surface area contributed by atoms with E-state index in [1.54, 1.807) is 0 Å². The van der Waals surface area contributed by atoms with Crippen LogP contribution in [0.5, 0.6) is 0 Å². The smallest absolute Gasteiger partial charge is 0.330 e. The minimum atomic E-state index is -3.02. The first-order valence-electron chi connectivity index (χ1n) is 5.38. The first-order chi connectivity index (χ1) is 8.72. The molecule has 0 amide bonds. The molecule has 9 heteroatoms. The summed E-state index contributed by atoms with van der Waals surface area (Å²) in [5, 5.41) is 18.4. The third-order valence-electron chi connectivity index (χ3n) is 3.05. The fraction of sp³-hybridized carbons (Fsp3) is 0.600. The predicted octanol–water partition coefficient (Wildman–Crippen LogP) is -1.19. The van der Waals surface area contributed by atoms with E-state index in [1.807, 2.05) is 4.98 Å². The third kappa shape index (κ3) is 1.99. The quantitative estimate of drug-likeness (QED) is 0.631. The second-order valence-electron chi connectivity index (χ2n) is 4.49. The zero-order valence-corrected chi connectivity index (χ0v) is 9.84. The van der Waals surface area contributed by atoms with Gasteiger partial charge < -0.3 is 14.9 Å². The molecule has 1 aliphatic rings. The summed E-state index contributed by atoms with van der Waals surface area (Å²) in [5.41, 5.74) is -4.40. The number of nitrogens with zero attached hydrogens (tertiary/aromatic N) is 1. The van der Waals surface area contributed by atoms with Crippen molar-refractivity contribution >= 4 is 0 Å². The van der Waals surface area contributed by atoms with Crippen LogP contribution in [0, 0.1) is 0 Å². The van der Waals surface area contributed by atoms with Crippen molar-refractivity contribution in [3.8, 4) is 0 Å². The zero-order chi connectivity index (χ0) is 14.4. The van der Waals surface area contributed by atoms with Crippen molar-refractivity contribution in [3.63, 3.8) is 0 Å². The van der Waals surface area contributed by atoms with Crippen molar-refractivity contribution < 1.29 is 23.7 Å². The van der Waals surface area contributed by atoms with Gasteiger partial charge in [-0.05, 0) is 6.92 Å². The molecule has 7 nitrogen and oxygen atoms in total. The van der Waals surface area contributed by atoms with Gasteiger partial charge in [0.2, 0.25) is 0 Å². The number of hydrogen-bond donors (Lipinski definition) is 3. The van der Waals surface area contributed by atoms with Crippen molar-refractivity contribution in [1.82, 2.24) is 9.55 Å². The summed E-state index contributed by atoms with van der Waals surface area (Å²) in [5.74, 6) is -3.02. The minimum Gasteiger partial charge on any atom is -0.390 e. The Morgan fingerprint density at radius 3 is 2.63 bits per heavy atom. The Kier molecular flexibility index (Phi) is 3.07. The van der Waals surface area contributed by atoms with Crippen LogP contribution >= 0.6 is 0 Å². The molecule has 2 rings (SSSR count). The summed E-state index contributed by atoms with van der Waals surface area (Å²) in [6.07, 6.45) is -3.18. The van der Waals surface area contributed by atoms with Gasteiger partial charge >= 0.3 is 5.69 Å². The van der Waals surface area contributed by atoms with Crippen LogP contribution in [0.3, 0.4) is 0 Å². The number of aromatic amines is 1. The lowest BCUT2D eigenvalue weighted by Gasteiger charge is -2.24. The van der Waals surface area contributed by atoms with Crippen LogP contribution in [0.2, 0.25) is 0 Å². The van der Waals surface area contributed by atoms with Crippen LogP contribution in [0.4, 0.5) is 8.78 Å². The number of nitrogens with one attached hydrogen (secondary N) is 1. The van der Waals surface area contributed by atoms with Gasteiger partial charge in [0.05, 0.1) is 0 Å². The summed E-state index contributed by atoms with van der Waals surface area (Å²) in [4.78, 5) is 24.3. The fourth-order valence-corrected chi connectivity index (χ4v) is 1.99. The molecule has 106 valence electrons. The number of aliphatic hydroxyl groups is 2. The van der Waals surface area contributed by atoms with Crippen molar-refractivity contribution in [1.29, 1.82) is 0 Å². The molecule has 0 bridgehead atoms. The first kappa shape index (κ1) is 13.8. The standard InChI is InChI=1S/C10H12F2N2O5/c1-9(11)6(17)10(12,4-15)19-7(9)14-3-2-5(16)13-8(14)18/h2-3,6-7,15,17H,4H2,1H3,(H,13,16,18)/t6-,7?,9+,10+/m0/s1. The number of hydrogen-bond acceptors (Lipinski definition) is 5. The van der Waals surface area contributed by atoms with Crippen molar-refractivity contribution in [2.24, 2.45) is 0 Å². The average Bonchev–Trinajstić information content (AvgIpc) is 2.51. The van der Waals surface area contributed by atoms with Crippen LogP contribution in [0.15, 0.2) is 21.9 Å². The molecule has 1 unspecified atom stereocenters. The largest absolute Gasteiger partial charge is 0.390 e. The Hall–Kier alpha value is -1.58. The number of H-pyrrole nitrogens is 1. The van der Waals surface area contributed by atoms with Gasteiger partial charge in [-0.25, -0.2) is 13.6 Å². The molecule has 4 atom stereocenters. The molecule has 1 aromatic rings. The molecular formula is C10H12F2N2O5. The predicted molar refractivity (Wildman–Crippen MR) is 57.9 cm³/mol. The highest BCUT2D eigenvalue weighted by Gasteiger charge is 2.64. The molecule has 0 aromatic carbocycles. The van der Waals surface area contributed by atoms with E-state index in [2.05, 4.69) is 4.74 Å². The van der Waals surface area contributed by atoms with E-state index in [0.717, 1.165) is 19.2 Å². The molecule has 3 N–H and O–H groups in total. The Morgan fingerprint density at radius 2 is 2.16 bits per heavy atom. The highest BCUT2D eigenvalue weighted by Crippen LogP contribution is 2.46. The van der Waals surface area contributed by atoms with E-state index >= 15 is 0 Å². The third-order valence-corrected chi connectivity index (χ3v) is 3.05. The SMILES string of the molecule is C[C@]1(F)C(n2ccc(=O)[nH]c2=O)O[C@](F)(CO)[C@H]1O. The molecule has 1 saturated heterocycles. The summed E-state index contributed by atoms with van der Waals surface area (Å²) < 4.78 is 33.5. The molecule has 1 aromatic heterocycles. The lowest BCUT2D eigenvalue weighted by molar-refractivity contribution is -0.207. The van der Waals surface area contributed by atoms with Crippen LogP contribution in [-0.2, 0) is 4.74 Å². The van der Waals surface area contributed by atoms with Gasteiger partial charge in [0, 0.05) is 12.3 Å². The summed E-state index contributed by atoms with van der Waals surface area (Å²) in [6, 6.07) is 0.921. The van der Waals surface area contributed by atoms with E-state index in [-0.39, 0.29) is 0 Å². The second-order valence-corrected chi connectivity index (χ2v) is 4.49. The highest BCUT2D eigenvalue weighted by molar-refractivity contribution is 5.04. The number of rotatable bonds is 2. The molecule has 1 aliphatic heterocycles. The maximum Gasteiger partial charge on any atom is 0.330 e. The Morgan fingerprint density at radius 1 is 1.53 bits per heavy atom. The Labute approximate surface area is 105 Å². The minimum absolute atomic E-state index is 0.599. The van der Waals surface area contributed by atoms with Crippen LogP contribution < -0.4 is 11.2 Å². The van der Waals surface area contributed by atoms with E-state index < -0.39 is 41.7 Å². The van der Waals surface area contributed by atoms with Crippen LogP contribution in [0.25, 0.3) is 0 Å². The normalized spacial score (nSPS) is 38.6. The second kappa shape index (κ2) is 4.22. The molecule has 0 spiro atoms. The van der Waals surface area contributed by atoms with Gasteiger partial charge in [-0.3, -0.25) is 14.3 Å². The summed E-state index contributed by atoms with van der Waals surface area (Å²) in [6.45, 7) is -0.445. The van der Waals surface area contributed by atoms with E-state index in [1.165, 1.54) is 0 Å². The number of ether oxygens (including phenoxy) is 1. The highest BCUT2D eigenvalue weighted by atomic mass is 19.2. The number of aliphatic hydroxyl groups excluding tert-OH is 2. The van der Waals surface area contributed by atoms with E-state index in [4.69, 9.17) is 5.11 Å². The monoisotopic (exact) mass is 278 g/mol. The van der Waals surface area contributed by atoms with Crippen molar-refractivity contribution in [3.05, 3.63) is 33.1 Å². The lowest BCUT2D eigenvalue weighted by atomic mass is 9.97. The van der Waals surface area contributed by atoms with Gasteiger partial charge in [-0.15, -0.1) is 0 Å². The molecule has 0 aliphatic carbocycles. The Bertz CT molecular complexity index is 598. The average molecular weight is 278 g/mol. The topological polar surface area (TPSA) is 105 Å². The molecule has 0 saturated carbocycles. The Balaban J connectivity index is 2.51.